The molecule has 1 N–H and O–H groups in total. The Balaban J connectivity index is 1.50. The molecule has 0 atom stereocenters. The van der Waals surface area contributed by atoms with Gasteiger partial charge in [-0.05, 0) is 67.4 Å². The normalized spacial score (nSPS) is 14.3. The van der Waals surface area contributed by atoms with Crippen LogP contribution in [0, 0.1) is 13.8 Å². The van der Waals surface area contributed by atoms with E-state index in [4.69, 9.17) is 44.9 Å². The molecule has 1 heterocycles. The van der Waals surface area contributed by atoms with Crippen molar-refractivity contribution in [1.29, 1.82) is 0 Å². The molecule has 1 saturated heterocycles. The molecule has 1 aliphatic rings. The second kappa shape index (κ2) is 11.6. The maximum atomic E-state index is 13.1. The Hall–Kier alpha value is -3.04. The molecule has 1 fully saturated rings. The van der Waals surface area contributed by atoms with Crippen LogP contribution >= 0.6 is 47.2 Å². The first-order chi connectivity index (χ1) is 17.7. The number of hydrogen-bond acceptors (Lipinski definition) is 6. The smallest absolute Gasteiger partial charge is 0.270 e. The highest BCUT2D eigenvalue weighted by Crippen LogP contribution is 2.40. The van der Waals surface area contributed by atoms with Crippen LogP contribution in [-0.2, 0) is 9.59 Å². The number of hydrogen-bond donors (Lipinski definition) is 1. The van der Waals surface area contributed by atoms with E-state index in [0.717, 1.165) is 11.1 Å². The molecule has 0 spiro atoms. The van der Waals surface area contributed by atoms with Crippen LogP contribution in [0.3, 0.4) is 0 Å². The van der Waals surface area contributed by atoms with E-state index in [0.29, 0.717) is 36.9 Å². The number of benzene rings is 3. The van der Waals surface area contributed by atoms with Gasteiger partial charge in [0.2, 0.25) is 0 Å². The minimum Gasteiger partial charge on any atom is -0.493 e. The standard InChI is InChI=1S/C27H22Cl2N2O4S2/c1-15-4-7-18(8-5-15)30-24(32)14-35-25-21(29)10-17(11-22(25)34-3)12-23-26(33)31(27(36)37-23)19-9-6-16(2)20(28)13-19/h4-13H,14H2,1-3H3,(H,30,32)/b23-12-. The fourth-order valence-electron chi connectivity index (χ4n) is 3.50. The summed E-state index contributed by atoms with van der Waals surface area (Å²) in [5.41, 5.74) is 3.87. The molecule has 2 amide bonds. The molecule has 3 aromatic carbocycles. The van der Waals surface area contributed by atoms with Crippen LogP contribution in [0.2, 0.25) is 10.0 Å². The maximum Gasteiger partial charge on any atom is 0.270 e. The van der Waals surface area contributed by atoms with Crippen LogP contribution < -0.4 is 19.7 Å². The first-order valence-electron chi connectivity index (χ1n) is 11.1. The van der Waals surface area contributed by atoms with Crippen LogP contribution in [0.1, 0.15) is 16.7 Å². The number of thioether (sulfide) groups is 1. The summed E-state index contributed by atoms with van der Waals surface area (Å²) in [6, 6.07) is 16.1. The molecule has 0 aliphatic carbocycles. The summed E-state index contributed by atoms with van der Waals surface area (Å²) in [6.45, 7) is 3.59. The van der Waals surface area contributed by atoms with Gasteiger partial charge in [-0.1, -0.05) is 70.9 Å². The highest BCUT2D eigenvalue weighted by atomic mass is 35.5. The predicted octanol–water partition coefficient (Wildman–Crippen LogP) is 7.04. The van der Waals surface area contributed by atoms with Crippen molar-refractivity contribution >= 4 is 80.8 Å². The lowest BCUT2D eigenvalue weighted by molar-refractivity contribution is -0.118. The third-order valence-corrected chi connectivity index (χ3v) is 7.43. The van der Waals surface area contributed by atoms with Gasteiger partial charge in [-0.25, -0.2) is 0 Å². The topological polar surface area (TPSA) is 67.9 Å². The van der Waals surface area contributed by atoms with E-state index in [9.17, 15) is 9.59 Å². The Morgan fingerprint density at radius 2 is 1.81 bits per heavy atom. The molecule has 190 valence electrons. The minimum absolute atomic E-state index is 0.224. The highest BCUT2D eigenvalue weighted by Gasteiger charge is 2.33. The zero-order valence-corrected chi connectivity index (χ0v) is 23.3. The third-order valence-electron chi connectivity index (χ3n) is 5.44. The summed E-state index contributed by atoms with van der Waals surface area (Å²) in [4.78, 5) is 27.3. The quantitative estimate of drug-likeness (QED) is 0.242. The molecule has 0 bridgehead atoms. The van der Waals surface area contributed by atoms with E-state index in [1.165, 1.54) is 23.8 Å². The van der Waals surface area contributed by atoms with Crippen molar-refractivity contribution in [1.82, 2.24) is 0 Å². The molecular formula is C27H22Cl2N2O4S2. The van der Waals surface area contributed by atoms with Crippen molar-refractivity contribution in [3.8, 4) is 11.5 Å². The number of carbonyl (C=O) groups is 2. The van der Waals surface area contributed by atoms with Gasteiger partial charge < -0.3 is 14.8 Å². The first kappa shape index (κ1) is 27.0. The molecular weight excluding hydrogens is 551 g/mol. The minimum atomic E-state index is -0.342. The summed E-state index contributed by atoms with van der Waals surface area (Å²) >= 11 is 19.3. The number of halogens is 2. The number of aryl methyl sites for hydroxylation is 2. The van der Waals surface area contributed by atoms with Gasteiger partial charge in [0.1, 0.15) is 0 Å². The van der Waals surface area contributed by atoms with Gasteiger partial charge in [0.05, 0.1) is 22.7 Å². The number of methoxy groups -OCH3 is 1. The first-order valence-corrected chi connectivity index (χ1v) is 13.1. The van der Waals surface area contributed by atoms with Gasteiger partial charge in [0.25, 0.3) is 11.8 Å². The number of amides is 2. The number of nitrogens with zero attached hydrogens (tertiary/aromatic N) is 1. The Labute approximate surface area is 234 Å². The molecule has 0 saturated carbocycles. The largest absolute Gasteiger partial charge is 0.493 e. The molecule has 0 radical (unpaired) electrons. The lowest BCUT2D eigenvalue weighted by Gasteiger charge is -2.15. The molecule has 0 unspecified atom stereocenters. The van der Waals surface area contributed by atoms with Crippen LogP contribution in [0.25, 0.3) is 6.08 Å². The second-order valence-electron chi connectivity index (χ2n) is 8.19. The lowest BCUT2D eigenvalue weighted by Crippen LogP contribution is -2.27. The van der Waals surface area contributed by atoms with Crippen LogP contribution in [0.15, 0.2) is 59.5 Å². The van der Waals surface area contributed by atoms with Gasteiger partial charge in [-0.15, -0.1) is 0 Å². The number of thiocarbonyl (C=S) groups is 1. The van der Waals surface area contributed by atoms with Crippen molar-refractivity contribution in [2.45, 2.75) is 13.8 Å². The molecule has 3 aromatic rings. The fraction of sp³-hybridized carbons (Fsp3) is 0.148. The molecule has 10 heteroatoms. The average Bonchev–Trinajstić information content (AvgIpc) is 3.13. The summed E-state index contributed by atoms with van der Waals surface area (Å²) in [7, 11) is 1.47. The summed E-state index contributed by atoms with van der Waals surface area (Å²) in [5, 5.41) is 3.55. The number of carbonyl (C=O) groups excluding carboxylic acids is 2. The number of anilines is 2. The number of nitrogens with one attached hydrogen (secondary N) is 1. The molecule has 4 rings (SSSR count). The number of ether oxygens (including phenoxy) is 2. The Bertz CT molecular complexity index is 1420. The van der Waals surface area contributed by atoms with Gasteiger partial charge in [-0.2, -0.15) is 0 Å². The molecule has 1 aliphatic heterocycles. The Kier molecular flexibility index (Phi) is 8.44. The zero-order chi connectivity index (χ0) is 26.7. The van der Waals surface area contributed by atoms with Crippen LogP contribution in [0.5, 0.6) is 11.5 Å². The number of rotatable bonds is 7. The summed E-state index contributed by atoms with van der Waals surface area (Å²) in [5.74, 6) is -0.0612. The van der Waals surface area contributed by atoms with E-state index in [1.807, 2.05) is 44.2 Å². The zero-order valence-electron chi connectivity index (χ0n) is 20.1. The monoisotopic (exact) mass is 572 g/mol. The maximum absolute atomic E-state index is 13.1. The van der Waals surface area contributed by atoms with E-state index in [2.05, 4.69) is 5.32 Å². The second-order valence-corrected chi connectivity index (χ2v) is 10.7. The van der Waals surface area contributed by atoms with Gasteiger partial charge in [-0.3, -0.25) is 14.5 Å². The molecule has 37 heavy (non-hydrogen) atoms. The lowest BCUT2D eigenvalue weighted by atomic mass is 10.1. The summed E-state index contributed by atoms with van der Waals surface area (Å²) in [6.07, 6.45) is 1.68. The summed E-state index contributed by atoms with van der Waals surface area (Å²) < 4.78 is 11.5. The third kappa shape index (κ3) is 6.27. The molecule has 0 aromatic heterocycles. The van der Waals surface area contributed by atoms with Gasteiger partial charge in [0, 0.05) is 10.7 Å². The van der Waals surface area contributed by atoms with Crippen molar-refractivity contribution in [2.24, 2.45) is 0 Å². The van der Waals surface area contributed by atoms with Crippen molar-refractivity contribution in [3.05, 3.63) is 86.2 Å². The van der Waals surface area contributed by atoms with E-state index >= 15 is 0 Å². The SMILES string of the molecule is COc1cc(/C=C2\SC(=S)N(c3ccc(C)c(Cl)c3)C2=O)cc(Cl)c1OCC(=O)Nc1ccc(C)cc1. The van der Waals surface area contributed by atoms with Gasteiger partial charge in [0.15, 0.2) is 22.4 Å². The Morgan fingerprint density at radius 3 is 2.49 bits per heavy atom. The fourth-order valence-corrected chi connectivity index (χ4v) is 5.24. The van der Waals surface area contributed by atoms with Crippen molar-refractivity contribution in [3.63, 3.8) is 0 Å². The predicted molar refractivity (Wildman–Crippen MR) is 155 cm³/mol. The van der Waals surface area contributed by atoms with Crippen molar-refractivity contribution in [2.75, 3.05) is 23.9 Å². The van der Waals surface area contributed by atoms with E-state index in [-0.39, 0.29) is 29.2 Å². The molecule has 6 nitrogen and oxygen atoms in total. The van der Waals surface area contributed by atoms with Crippen LogP contribution in [-0.4, -0.2) is 29.9 Å². The van der Waals surface area contributed by atoms with E-state index < -0.39 is 0 Å². The van der Waals surface area contributed by atoms with E-state index in [1.54, 1.807) is 30.3 Å². The average molecular weight is 574 g/mol. The Morgan fingerprint density at radius 1 is 1.08 bits per heavy atom. The van der Waals surface area contributed by atoms with Crippen molar-refractivity contribution < 1.29 is 19.1 Å². The van der Waals surface area contributed by atoms with Gasteiger partial charge >= 0.3 is 0 Å². The highest BCUT2D eigenvalue weighted by molar-refractivity contribution is 8.27. The van der Waals surface area contributed by atoms with Crippen LogP contribution in [0.4, 0.5) is 11.4 Å².